The van der Waals surface area contributed by atoms with Crippen LogP contribution in [-0.4, -0.2) is 36.5 Å². The highest BCUT2D eigenvalue weighted by Crippen LogP contribution is 2.20. The molecule has 0 heterocycles. The van der Waals surface area contributed by atoms with E-state index in [0.717, 1.165) is 12.0 Å². The lowest BCUT2D eigenvalue weighted by molar-refractivity contribution is -0.149. The smallest absolute Gasteiger partial charge is 0.325 e. The molecule has 21 heavy (non-hydrogen) atoms. The van der Waals surface area contributed by atoms with Gasteiger partial charge in [0.1, 0.15) is 6.54 Å². The molecular weight excluding hydrogens is 268 g/mol. The lowest BCUT2D eigenvalue weighted by atomic mass is 9.99. The van der Waals surface area contributed by atoms with E-state index in [1.807, 2.05) is 26.0 Å². The molecule has 1 unspecified atom stereocenters. The molecule has 0 saturated heterocycles. The van der Waals surface area contributed by atoms with Gasteiger partial charge in [0.25, 0.3) is 0 Å². The molecule has 0 fully saturated rings. The van der Waals surface area contributed by atoms with Gasteiger partial charge in [-0.25, -0.2) is 0 Å². The predicted octanol–water partition coefficient (Wildman–Crippen LogP) is 2.17. The zero-order valence-electron chi connectivity index (χ0n) is 13.0. The van der Waals surface area contributed by atoms with Gasteiger partial charge in [-0.1, -0.05) is 19.1 Å². The van der Waals surface area contributed by atoms with Crippen molar-refractivity contribution in [1.29, 1.82) is 0 Å². The van der Waals surface area contributed by atoms with Gasteiger partial charge < -0.3 is 15.4 Å². The van der Waals surface area contributed by atoms with Crippen LogP contribution in [0.3, 0.4) is 0 Å². The molecule has 0 spiro atoms. The molecular formula is C16H24N2O3. The first-order chi connectivity index (χ1) is 9.99. The van der Waals surface area contributed by atoms with Crippen molar-refractivity contribution in [3.63, 3.8) is 0 Å². The number of hydrogen-bond donors (Lipinski definition) is 1. The molecule has 5 nitrogen and oxygen atoms in total. The Hall–Kier alpha value is -2.04. The fourth-order valence-corrected chi connectivity index (χ4v) is 2.14. The van der Waals surface area contributed by atoms with Crippen molar-refractivity contribution in [2.75, 3.05) is 25.4 Å². The Bertz CT molecular complexity index is 488. The summed E-state index contributed by atoms with van der Waals surface area (Å²) < 4.78 is 4.92. The SMILES string of the molecule is CCCN(CC(=O)OCC)C(=O)C(C)c1cccc(N)c1. The largest absolute Gasteiger partial charge is 0.465 e. The minimum atomic E-state index is -0.376. The van der Waals surface area contributed by atoms with Gasteiger partial charge in [-0.3, -0.25) is 9.59 Å². The standard InChI is InChI=1S/C16H24N2O3/c1-4-9-18(11-15(19)21-5-2)16(20)12(3)13-7-6-8-14(17)10-13/h6-8,10,12H,4-5,9,11,17H2,1-3H3. The Morgan fingerprint density at radius 2 is 2.05 bits per heavy atom. The van der Waals surface area contributed by atoms with Crippen LogP contribution in [0.2, 0.25) is 0 Å². The zero-order chi connectivity index (χ0) is 15.8. The average Bonchev–Trinajstić information content (AvgIpc) is 2.45. The van der Waals surface area contributed by atoms with Crippen LogP contribution in [0.25, 0.3) is 0 Å². The summed E-state index contributed by atoms with van der Waals surface area (Å²) in [5.74, 6) is -0.802. The van der Waals surface area contributed by atoms with Crippen molar-refractivity contribution in [3.8, 4) is 0 Å². The normalized spacial score (nSPS) is 11.8. The van der Waals surface area contributed by atoms with Gasteiger partial charge in [-0.15, -0.1) is 0 Å². The van der Waals surface area contributed by atoms with Gasteiger partial charge in [0.15, 0.2) is 0 Å². The second kappa shape index (κ2) is 8.29. The zero-order valence-corrected chi connectivity index (χ0v) is 13.0. The molecule has 5 heteroatoms. The molecule has 1 amide bonds. The van der Waals surface area contributed by atoms with E-state index in [1.54, 1.807) is 24.0 Å². The summed E-state index contributed by atoms with van der Waals surface area (Å²) in [6, 6.07) is 7.26. The number of benzene rings is 1. The van der Waals surface area contributed by atoms with E-state index in [0.29, 0.717) is 18.8 Å². The first-order valence-electron chi connectivity index (χ1n) is 7.29. The number of amides is 1. The Morgan fingerprint density at radius 3 is 2.62 bits per heavy atom. The van der Waals surface area contributed by atoms with Crippen molar-refractivity contribution in [3.05, 3.63) is 29.8 Å². The first-order valence-corrected chi connectivity index (χ1v) is 7.29. The molecule has 1 rings (SSSR count). The van der Waals surface area contributed by atoms with Crippen LogP contribution in [0.5, 0.6) is 0 Å². The maximum Gasteiger partial charge on any atom is 0.325 e. The molecule has 2 N–H and O–H groups in total. The molecule has 0 aliphatic heterocycles. The van der Waals surface area contributed by atoms with Crippen LogP contribution < -0.4 is 5.73 Å². The predicted molar refractivity (Wildman–Crippen MR) is 82.8 cm³/mol. The van der Waals surface area contributed by atoms with Crippen molar-refractivity contribution >= 4 is 17.6 Å². The van der Waals surface area contributed by atoms with Crippen LogP contribution in [0, 0.1) is 0 Å². The number of ether oxygens (including phenoxy) is 1. The highest BCUT2D eigenvalue weighted by molar-refractivity contribution is 5.87. The second-order valence-electron chi connectivity index (χ2n) is 4.96. The molecule has 0 radical (unpaired) electrons. The second-order valence-corrected chi connectivity index (χ2v) is 4.96. The van der Waals surface area contributed by atoms with Crippen LogP contribution >= 0.6 is 0 Å². The van der Waals surface area contributed by atoms with Crippen molar-refractivity contribution in [1.82, 2.24) is 4.90 Å². The van der Waals surface area contributed by atoms with E-state index in [4.69, 9.17) is 10.5 Å². The van der Waals surface area contributed by atoms with Crippen molar-refractivity contribution in [2.45, 2.75) is 33.1 Å². The van der Waals surface area contributed by atoms with E-state index in [2.05, 4.69) is 0 Å². The minimum Gasteiger partial charge on any atom is -0.465 e. The number of nitrogens with two attached hydrogens (primary N) is 1. The molecule has 0 aliphatic rings. The molecule has 116 valence electrons. The summed E-state index contributed by atoms with van der Waals surface area (Å²) in [7, 11) is 0. The van der Waals surface area contributed by atoms with E-state index in [-0.39, 0.29) is 24.3 Å². The van der Waals surface area contributed by atoms with Gasteiger partial charge in [-0.2, -0.15) is 0 Å². The third-order valence-electron chi connectivity index (χ3n) is 3.21. The minimum absolute atomic E-state index is 0.00678. The number of anilines is 1. The Kier molecular flexibility index (Phi) is 6.72. The van der Waals surface area contributed by atoms with Crippen molar-refractivity contribution < 1.29 is 14.3 Å². The Labute approximate surface area is 126 Å². The number of rotatable bonds is 7. The summed E-state index contributed by atoms with van der Waals surface area (Å²) in [6.45, 7) is 6.38. The fraction of sp³-hybridized carbons (Fsp3) is 0.500. The topological polar surface area (TPSA) is 72.6 Å². The fourth-order valence-electron chi connectivity index (χ4n) is 2.14. The van der Waals surface area contributed by atoms with Gasteiger partial charge in [0.05, 0.1) is 12.5 Å². The Balaban J connectivity index is 2.82. The van der Waals surface area contributed by atoms with Gasteiger partial charge in [0.2, 0.25) is 5.91 Å². The quantitative estimate of drug-likeness (QED) is 0.617. The molecule has 1 atom stereocenters. The van der Waals surface area contributed by atoms with Crippen molar-refractivity contribution in [2.24, 2.45) is 0 Å². The van der Waals surface area contributed by atoms with Crippen LogP contribution in [0.1, 0.15) is 38.7 Å². The summed E-state index contributed by atoms with van der Waals surface area (Å²) in [4.78, 5) is 25.7. The van der Waals surface area contributed by atoms with E-state index in [9.17, 15) is 9.59 Å². The number of carbonyl (C=O) groups excluding carboxylic acids is 2. The molecule has 0 aromatic heterocycles. The highest BCUT2D eigenvalue weighted by atomic mass is 16.5. The first kappa shape index (κ1) is 17.0. The average molecular weight is 292 g/mol. The maximum atomic E-state index is 12.6. The number of esters is 1. The summed E-state index contributed by atoms with van der Waals surface area (Å²) in [5, 5.41) is 0. The summed E-state index contributed by atoms with van der Waals surface area (Å²) >= 11 is 0. The van der Waals surface area contributed by atoms with Crippen LogP contribution in [0.4, 0.5) is 5.69 Å². The number of carbonyl (C=O) groups is 2. The maximum absolute atomic E-state index is 12.6. The third kappa shape index (κ3) is 5.10. The molecule has 0 saturated carbocycles. The van der Waals surface area contributed by atoms with Gasteiger partial charge in [-0.05, 0) is 38.0 Å². The van der Waals surface area contributed by atoms with Crippen LogP contribution in [0.15, 0.2) is 24.3 Å². The highest BCUT2D eigenvalue weighted by Gasteiger charge is 2.23. The third-order valence-corrected chi connectivity index (χ3v) is 3.21. The Morgan fingerprint density at radius 1 is 1.33 bits per heavy atom. The van der Waals surface area contributed by atoms with Crippen LogP contribution in [-0.2, 0) is 14.3 Å². The van der Waals surface area contributed by atoms with E-state index in [1.165, 1.54) is 0 Å². The molecule has 0 bridgehead atoms. The summed E-state index contributed by atoms with van der Waals surface area (Å²) in [6.07, 6.45) is 0.787. The molecule has 1 aromatic carbocycles. The van der Waals surface area contributed by atoms with Gasteiger partial charge >= 0.3 is 5.97 Å². The lowest BCUT2D eigenvalue weighted by Crippen LogP contribution is -2.39. The van der Waals surface area contributed by atoms with E-state index >= 15 is 0 Å². The molecule has 1 aromatic rings. The van der Waals surface area contributed by atoms with Gasteiger partial charge in [0, 0.05) is 12.2 Å². The molecule has 0 aliphatic carbocycles. The number of hydrogen-bond acceptors (Lipinski definition) is 4. The van der Waals surface area contributed by atoms with E-state index < -0.39 is 0 Å². The number of nitrogens with zero attached hydrogens (tertiary/aromatic N) is 1. The number of nitrogen functional groups attached to an aromatic ring is 1. The lowest BCUT2D eigenvalue weighted by Gasteiger charge is -2.24. The summed E-state index contributed by atoms with van der Waals surface area (Å²) in [5.41, 5.74) is 7.23. The monoisotopic (exact) mass is 292 g/mol.